The van der Waals surface area contributed by atoms with Gasteiger partial charge < -0.3 is 25.8 Å². The number of β-lactam (4-membered cyclic amide) rings is 1. The smallest absolute Gasteiger partial charge is 0.543 e. The Morgan fingerprint density at radius 2 is 2.15 bits per heavy atom. The van der Waals surface area contributed by atoms with E-state index in [0.29, 0.717) is 17.1 Å². The van der Waals surface area contributed by atoms with Gasteiger partial charge in [-0.2, -0.15) is 0 Å². The Labute approximate surface area is 261 Å². The number of rotatable bonds is 10. The molecule has 2 atom stereocenters. The summed E-state index contributed by atoms with van der Waals surface area (Å²) in [6.45, 7) is 3.59. The minimum Gasteiger partial charge on any atom is -0.543 e. The van der Waals surface area contributed by atoms with Gasteiger partial charge >= 0.3 is 29.6 Å². The number of thiazole rings is 2. The van der Waals surface area contributed by atoms with Gasteiger partial charge in [-0.25, -0.2) is 9.97 Å². The summed E-state index contributed by atoms with van der Waals surface area (Å²) in [7, 11) is 0. The molecule has 196 valence electrons. The number of para-hydroxylation sites is 1. The predicted molar refractivity (Wildman–Crippen MR) is 147 cm³/mol. The first-order chi connectivity index (χ1) is 18.4. The molecule has 1 fully saturated rings. The quantitative estimate of drug-likeness (QED) is 0.0522. The molecule has 0 spiro atoms. The van der Waals surface area contributed by atoms with Crippen molar-refractivity contribution in [3.63, 3.8) is 0 Å². The molecule has 0 radical (unpaired) electrons. The summed E-state index contributed by atoms with van der Waals surface area (Å²) < 4.78 is 1.84. The second-order valence-corrected chi connectivity index (χ2v) is 12.2. The largest absolute Gasteiger partial charge is 1.00 e. The van der Waals surface area contributed by atoms with Crippen LogP contribution in [0.5, 0.6) is 0 Å². The summed E-state index contributed by atoms with van der Waals surface area (Å²) in [6, 6.07) is 6.78. The number of aliphatic carboxylic acids is 1. The number of nitrogens with zero attached hydrogens (tertiary/aromatic N) is 4. The molecule has 1 saturated heterocycles. The van der Waals surface area contributed by atoms with Gasteiger partial charge in [0.25, 0.3) is 11.8 Å². The molecule has 1 unspecified atom stereocenters. The second-order valence-electron chi connectivity index (χ2n) is 7.93. The fraction of sp³-hybridized carbons (Fsp3) is 0.217. The number of hydrogen-bond acceptors (Lipinski definition) is 13. The number of benzene rings is 1. The molecular formula is C23H19N6NaO5S4. The Bertz CT molecular complexity index is 1470. The van der Waals surface area contributed by atoms with Crippen LogP contribution in [0.2, 0.25) is 0 Å². The Kier molecular flexibility index (Phi) is 9.74. The van der Waals surface area contributed by atoms with Crippen molar-refractivity contribution >= 4 is 85.0 Å². The fourth-order valence-corrected chi connectivity index (χ4v) is 7.91. The van der Waals surface area contributed by atoms with Crippen LogP contribution in [0.1, 0.15) is 5.69 Å². The molecule has 16 heteroatoms. The number of aromatic nitrogens is 2. The van der Waals surface area contributed by atoms with Gasteiger partial charge in [0.05, 0.1) is 21.9 Å². The van der Waals surface area contributed by atoms with Gasteiger partial charge in [0, 0.05) is 16.9 Å². The van der Waals surface area contributed by atoms with E-state index in [0.717, 1.165) is 25.9 Å². The molecule has 2 aromatic heterocycles. The van der Waals surface area contributed by atoms with Crippen molar-refractivity contribution < 1.29 is 53.9 Å². The van der Waals surface area contributed by atoms with E-state index in [4.69, 9.17) is 10.6 Å². The van der Waals surface area contributed by atoms with E-state index < -0.39 is 29.2 Å². The molecule has 3 aromatic rings. The number of anilines is 1. The molecule has 0 saturated carbocycles. The number of carbonyl (C=O) groups is 3. The van der Waals surface area contributed by atoms with Gasteiger partial charge in [0.2, 0.25) is 0 Å². The number of nitrogens with two attached hydrogens (primary N) is 1. The van der Waals surface area contributed by atoms with Crippen molar-refractivity contribution in [3.8, 4) is 0 Å². The Morgan fingerprint density at radius 3 is 2.85 bits per heavy atom. The first-order valence-corrected chi connectivity index (χ1v) is 14.8. The number of nitrogens with one attached hydrogen (secondary N) is 1. The zero-order chi connectivity index (χ0) is 26.8. The number of hydrogen-bond donors (Lipinski definition) is 2. The number of carboxylic acid groups (broad SMARTS) is 1. The average Bonchev–Trinajstić information content (AvgIpc) is 3.53. The molecule has 2 aliphatic heterocycles. The topological polar surface area (TPSA) is 163 Å². The van der Waals surface area contributed by atoms with E-state index in [1.807, 2.05) is 24.3 Å². The van der Waals surface area contributed by atoms with E-state index in [-0.39, 0.29) is 58.4 Å². The SMILES string of the molecule is C=CCON=C(C(=O)NC1C(=O)N2C(C(=O)[O-])=C(CSc3nc4ccccc4s3)CS[C@@H]12)c1csc(N)n1.[Na+]. The average molecular weight is 611 g/mol. The van der Waals surface area contributed by atoms with Crippen LogP contribution in [-0.4, -0.2) is 67.9 Å². The molecule has 5 rings (SSSR count). The monoisotopic (exact) mass is 610 g/mol. The van der Waals surface area contributed by atoms with Crippen LogP contribution in [0.15, 0.2) is 63.1 Å². The summed E-state index contributed by atoms with van der Waals surface area (Å²) in [5, 5.41) is 19.7. The van der Waals surface area contributed by atoms with Gasteiger partial charge in [0.15, 0.2) is 15.2 Å². The van der Waals surface area contributed by atoms with Crippen LogP contribution < -0.4 is 45.7 Å². The maximum Gasteiger partial charge on any atom is 1.00 e. The van der Waals surface area contributed by atoms with E-state index in [2.05, 4.69) is 27.0 Å². The normalized spacial score (nSPS) is 18.7. The number of nitrogen functional groups attached to an aromatic ring is 1. The van der Waals surface area contributed by atoms with Crippen LogP contribution >= 0.6 is 46.2 Å². The van der Waals surface area contributed by atoms with E-state index >= 15 is 0 Å². The van der Waals surface area contributed by atoms with Crippen LogP contribution in [0.4, 0.5) is 5.13 Å². The van der Waals surface area contributed by atoms with Crippen LogP contribution in [0.3, 0.4) is 0 Å². The number of amides is 2. The molecule has 0 aliphatic carbocycles. The zero-order valence-electron chi connectivity index (χ0n) is 20.5. The zero-order valence-corrected chi connectivity index (χ0v) is 25.8. The summed E-state index contributed by atoms with van der Waals surface area (Å²) in [4.78, 5) is 53.0. The number of oxime groups is 1. The van der Waals surface area contributed by atoms with Crippen LogP contribution in [-0.2, 0) is 19.2 Å². The third kappa shape index (κ3) is 6.19. The molecular weight excluding hydrogens is 592 g/mol. The molecule has 2 amide bonds. The van der Waals surface area contributed by atoms with Gasteiger partial charge in [-0.15, -0.1) is 34.4 Å². The number of thioether (sulfide) groups is 2. The van der Waals surface area contributed by atoms with Gasteiger partial charge in [0.1, 0.15) is 23.7 Å². The Hall–Kier alpha value is -2.40. The summed E-state index contributed by atoms with van der Waals surface area (Å²) >= 11 is 5.42. The minimum absolute atomic E-state index is 0. The fourth-order valence-electron chi connectivity index (χ4n) is 3.81. The third-order valence-electron chi connectivity index (χ3n) is 5.50. The van der Waals surface area contributed by atoms with Crippen LogP contribution in [0, 0.1) is 0 Å². The number of fused-ring (bicyclic) bond motifs is 2. The second kappa shape index (κ2) is 12.8. The molecule has 2 aliphatic rings. The first kappa shape index (κ1) is 29.6. The summed E-state index contributed by atoms with van der Waals surface area (Å²) in [6.07, 6.45) is 1.46. The molecule has 0 bridgehead atoms. The Balaban J connectivity index is 0.00000353. The van der Waals surface area contributed by atoms with Crippen molar-refractivity contribution in [1.82, 2.24) is 20.2 Å². The third-order valence-corrected chi connectivity index (χ3v) is 9.78. The predicted octanol–water partition coefficient (Wildman–Crippen LogP) is -1.56. The summed E-state index contributed by atoms with van der Waals surface area (Å²) in [5.74, 6) is -2.00. The maximum absolute atomic E-state index is 13.0. The molecule has 4 heterocycles. The summed E-state index contributed by atoms with van der Waals surface area (Å²) in [5.41, 5.74) is 7.00. The van der Waals surface area contributed by atoms with E-state index in [1.165, 1.54) is 45.8 Å². The molecule has 3 N–H and O–H groups in total. The molecule has 1 aromatic carbocycles. The molecule has 11 nitrogen and oxygen atoms in total. The van der Waals surface area contributed by atoms with Crippen molar-refractivity contribution in [3.05, 3.63) is 59.3 Å². The van der Waals surface area contributed by atoms with Crippen molar-refractivity contribution in [1.29, 1.82) is 0 Å². The van der Waals surface area contributed by atoms with E-state index in [1.54, 1.807) is 5.38 Å². The van der Waals surface area contributed by atoms with Crippen molar-refractivity contribution in [2.24, 2.45) is 5.16 Å². The van der Waals surface area contributed by atoms with Gasteiger partial charge in [-0.3, -0.25) is 14.5 Å². The minimum atomic E-state index is -1.44. The van der Waals surface area contributed by atoms with Crippen molar-refractivity contribution in [2.75, 3.05) is 23.8 Å². The Morgan fingerprint density at radius 1 is 1.36 bits per heavy atom. The maximum atomic E-state index is 13.0. The van der Waals surface area contributed by atoms with Gasteiger partial charge in [-0.05, 0) is 17.7 Å². The number of carbonyl (C=O) groups excluding carboxylic acids is 3. The standard InChI is InChI=1S/C23H20N6O5S4.Na/c1-2-7-34-28-15(13-10-36-22(24)25-13)18(30)27-16-19(31)29-17(21(32)33)11(8-35-20(16)29)9-37-23-26-12-5-3-4-6-14(12)38-23;/h2-6,10,16,20H,1,7-9H2,(H2,24,25)(H,27,30)(H,32,33);/q;+1/p-1/t16?,20-;/m0./s1. The first-order valence-electron chi connectivity index (χ1n) is 11.1. The van der Waals surface area contributed by atoms with E-state index in [9.17, 15) is 19.5 Å². The number of carboxylic acids is 1. The van der Waals surface area contributed by atoms with Gasteiger partial charge in [-0.1, -0.05) is 41.7 Å². The van der Waals surface area contributed by atoms with Crippen LogP contribution in [0.25, 0.3) is 10.2 Å². The van der Waals surface area contributed by atoms with Crippen molar-refractivity contribution in [2.45, 2.75) is 15.8 Å². The molecule has 39 heavy (non-hydrogen) atoms.